The van der Waals surface area contributed by atoms with Crippen LogP contribution in [-0.4, -0.2) is 37.0 Å². The summed E-state index contributed by atoms with van der Waals surface area (Å²) in [6.45, 7) is -4.12. The van der Waals surface area contributed by atoms with Gasteiger partial charge in [-0.25, -0.2) is 8.78 Å². The fourth-order valence-corrected chi connectivity index (χ4v) is 2.45. The number of alkyl halides is 7. The molecule has 0 aromatic heterocycles. The summed E-state index contributed by atoms with van der Waals surface area (Å²) in [5.41, 5.74) is -2.34. The van der Waals surface area contributed by atoms with Crippen LogP contribution < -0.4 is 10.5 Å². The Labute approximate surface area is 130 Å². The maximum absolute atomic E-state index is 14.0. The summed E-state index contributed by atoms with van der Waals surface area (Å²) in [7, 11) is 0. The second-order valence-electron chi connectivity index (χ2n) is 5.05. The number of nitrogens with two attached hydrogens (primary N) is 1. The smallest absolute Gasteiger partial charge is 0.457 e. The molecule has 0 atom stereocenters. The van der Waals surface area contributed by atoms with Crippen LogP contribution in [0.3, 0.4) is 0 Å². The normalized spacial score (nSPS) is 17.3. The monoisotopic (exact) mass is 357 g/mol. The van der Waals surface area contributed by atoms with E-state index in [4.69, 9.17) is 10.5 Å². The minimum absolute atomic E-state index is 0.427. The number of hydrogen-bond donors (Lipinski definition) is 1. The fourth-order valence-electron chi connectivity index (χ4n) is 2.45. The van der Waals surface area contributed by atoms with Crippen molar-refractivity contribution in [1.82, 2.24) is 0 Å². The van der Waals surface area contributed by atoms with E-state index in [9.17, 15) is 35.5 Å². The van der Waals surface area contributed by atoms with Gasteiger partial charge in [-0.15, -0.1) is 0 Å². The first kappa shape index (κ1) is 18.1. The summed E-state index contributed by atoms with van der Waals surface area (Å²) in [6.07, 6.45) is -6.21. The molecule has 0 fully saturated rings. The highest BCUT2D eigenvalue weighted by Gasteiger charge is 2.68. The van der Waals surface area contributed by atoms with Crippen molar-refractivity contribution in [2.45, 2.75) is 17.7 Å². The van der Waals surface area contributed by atoms with Crippen LogP contribution in [0, 0.1) is 0 Å². The Morgan fingerprint density at radius 3 is 2.08 bits per heavy atom. The van der Waals surface area contributed by atoms with Crippen LogP contribution in [0.25, 0.3) is 5.57 Å². The quantitative estimate of drug-likeness (QED) is 0.842. The van der Waals surface area contributed by atoms with E-state index in [2.05, 4.69) is 0 Å². The van der Waals surface area contributed by atoms with Gasteiger partial charge in [0.2, 0.25) is 5.91 Å². The largest absolute Gasteiger partial charge is 0.476 e. The van der Waals surface area contributed by atoms with E-state index in [0.29, 0.717) is 0 Å². The van der Waals surface area contributed by atoms with Gasteiger partial charge in [0.1, 0.15) is 19.1 Å². The minimum atomic E-state index is -6.21. The Hall–Kier alpha value is -2.26. The number of rotatable bonds is 4. The number of fused-ring (bicyclic) bond motifs is 1. The molecule has 1 aromatic rings. The molecule has 1 aliphatic rings. The van der Waals surface area contributed by atoms with Gasteiger partial charge in [-0.2, -0.15) is 22.0 Å². The van der Waals surface area contributed by atoms with Crippen LogP contribution in [0.4, 0.5) is 30.7 Å². The average molecular weight is 357 g/mol. The molecular weight excluding hydrogens is 347 g/mol. The first-order chi connectivity index (χ1) is 11.0. The van der Waals surface area contributed by atoms with Crippen molar-refractivity contribution >= 4 is 11.5 Å². The molecule has 0 saturated carbocycles. The average Bonchev–Trinajstić information content (AvgIpc) is 2.51. The minimum Gasteiger partial charge on any atom is -0.476 e. The highest BCUT2D eigenvalue weighted by molar-refractivity contribution is 6.21. The highest BCUT2D eigenvalue weighted by atomic mass is 19.4. The van der Waals surface area contributed by atoms with Crippen LogP contribution in [-0.2, 0) is 4.79 Å². The number of benzene rings is 1. The van der Waals surface area contributed by atoms with Gasteiger partial charge >= 0.3 is 12.1 Å². The van der Waals surface area contributed by atoms with E-state index in [1.54, 1.807) is 0 Å². The molecule has 1 aliphatic heterocycles. The Kier molecular flexibility index (Phi) is 4.28. The molecule has 1 heterocycles. The van der Waals surface area contributed by atoms with Crippen LogP contribution in [0.15, 0.2) is 29.8 Å². The van der Waals surface area contributed by atoms with Gasteiger partial charge in [-0.1, -0.05) is 18.2 Å². The fraction of sp³-hybridized carbons (Fsp3) is 0.357. The Morgan fingerprint density at radius 2 is 1.62 bits per heavy atom. The van der Waals surface area contributed by atoms with Gasteiger partial charge in [-0.05, 0) is 6.07 Å². The molecule has 0 radical (unpaired) electrons. The molecule has 2 rings (SSSR count). The molecular formula is C14H10F7NO2. The first-order valence-corrected chi connectivity index (χ1v) is 6.41. The SMILES string of the molecule is NC(=O)C1=C(C(F)(F)C(F)(F)F)C(CF)(CF)Oc2ccccc21. The summed E-state index contributed by atoms with van der Waals surface area (Å²) in [4.78, 5) is 11.6. The van der Waals surface area contributed by atoms with Crippen molar-refractivity contribution < 1.29 is 40.3 Å². The number of ether oxygens (including phenoxy) is 1. The van der Waals surface area contributed by atoms with E-state index >= 15 is 0 Å². The van der Waals surface area contributed by atoms with Gasteiger partial charge in [0.05, 0.1) is 11.1 Å². The number of halogens is 7. The lowest BCUT2D eigenvalue weighted by atomic mass is 9.80. The summed E-state index contributed by atoms with van der Waals surface area (Å²) in [5, 5.41) is 0. The van der Waals surface area contributed by atoms with Crippen molar-refractivity contribution in [3.8, 4) is 5.75 Å². The number of carbonyl (C=O) groups excluding carboxylic acids is 1. The summed E-state index contributed by atoms with van der Waals surface area (Å²) < 4.78 is 98.0. The number of para-hydroxylation sites is 1. The second kappa shape index (κ2) is 5.67. The van der Waals surface area contributed by atoms with Gasteiger partial charge in [0.25, 0.3) is 0 Å². The van der Waals surface area contributed by atoms with Gasteiger partial charge in [0.15, 0.2) is 5.60 Å². The van der Waals surface area contributed by atoms with Crippen molar-refractivity contribution in [1.29, 1.82) is 0 Å². The number of primary amides is 1. The summed E-state index contributed by atoms with van der Waals surface area (Å²) >= 11 is 0. The van der Waals surface area contributed by atoms with Gasteiger partial charge < -0.3 is 10.5 Å². The summed E-state index contributed by atoms with van der Waals surface area (Å²) in [6, 6.07) is 4.56. The third-order valence-electron chi connectivity index (χ3n) is 3.52. The molecule has 1 amide bonds. The molecule has 0 spiro atoms. The predicted molar refractivity (Wildman–Crippen MR) is 68.9 cm³/mol. The lowest BCUT2D eigenvalue weighted by Gasteiger charge is -2.40. The summed E-state index contributed by atoms with van der Waals surface area (Å²) in [5.74, 6) is -7.84. The zero-order valence-electron chi connectivity index (χ0n) is 11.8. The van der Waals surface area contributed by atoms with Crippen LogP contribution >= 0.6 is 0 Å². The third-order valence-corrected chi connectivity index (χ3v) is 3.52. The Morgan fingerprint density at radius 1 is 1.08 bits per heavy atom. The third kappa shape index (κ3) is 2.49. The van der Waals surface area contributed by atoms with Crippen molar-refractivity contribution in [3.63, 3.8) is 0 Å². The maximum Gasteiger partial charge on any atom is 0.457 e. The second-order valence-corrected chi connectivity index (χ2v) is 5.05. The van der Waals surface area contributed by atoms with Gasteiger partial charge in [-0.3, -0.25) is 4.79 Å². The van der Waals surface area contributed by atoms with Crippen molar-refractivity contribution in [2.75, 3.05) is 13.3 Å². The molecule has 0 unspecified atom stereocenters. The lowest BCUT2D eigenvalue weighted by molar-refractivity contribution is -0.271. The van der Waals surface area contributed by atoms with Gasteiger partial charge in [0, 0.05) is 5.56 Å². The maximum atomic E-state index is 14.0. The molecule has 3 nitrogen and oxygen atoms in total. The van der Waals surface area contributed by atoms with E-state index < -0.39 is 59.4 Å². The molecule has 0 saturated heterocycles. The Balaban J connectivity index is 2.95. The molecule has 24 heavy (non-hydrogen) atoms. The van der Waals surface area contributed by atoms with Crippen LogP contribution in [0.2, 0.25) is 0 Å². The number of amides is 1. The zero-order valence-corrected chi connectivity index (χ0v) is 11.8. The van der Waals surface area contributed by atoms with Crippen LogP contribution in [0.5, 0.6) is 5.75 Å². The van der Waals surface area contributed by atoms with E-state index in [-0.39, 0.29) is 0 Å². The van der Waals surface area contributed by atoms with Crippen LogP contribution in [0.1, 0.15) is 5.56 Å². The molecule has 1 aromatic carbocycles. The molecule has 0 aliphatic carbocycles. The number of carbonyl (C=O) groups is 1. The van der Waals surface area contributed by atoms with Crippen molar-refractivity contribution in [2.24, 2.45) is 5.73 Å². The van der Waals surface area contributed by atoms with E-state index in [1.165, 1.54) is 12.1 Å². The molecule has 0 bridgehead atoms. The Bertz CT molecular complexity index is 693. The zero-order chi connectivity index (χ0) is 18.3. The van der Waals surface area contributed by atoms with E-state index in [0.717, 1.165) is 12.1 Å². The van der Waals surface area contributed by atoms with E-state index in [1.807, 2.05) is 0 Å². The standard InChI is InChI=1S/C14H10F7NO2/c15-5-12(6-16)10(13(17,18)14(19,20)21)9(11(22)23)7-3-1-2-4-8(7)24-12/h1-4H,5-6H2,(H2,22,23). The lowest BCUT2D eigenvalue weighted by Crippen LogP contribution is -2.56. The number of hydrogen-bond acceptors (Lipinski definition) is 2. The first-order valence-electron chi connectivity index (χ1n) is 6.41. The topological polar surface area (TPSA) is 52.3 Å². The molecule has 132 valence electrons. The predicted octanol–water partition coefficient (Wildman–Crippen LogP) is 3.19. The van der Waals surface area contributed by atoms with Crippen molar-refractivity contribution in [3.05, 3.63) is 35.4 Å². The molecule has 2 N–H and O–H groups in total. The highest BCUT2D eigenvalue weighted by Crippen LogP contribution is 2.52. The molecule has 10 heteroatoms.